The van der Waals surface area contributed by atoms with Gasteiger partial charge in [0, 0.05) is 12.0 Å². The van der Waals surface area contributed by atoms with Gasteiger partial charge in [0.15, 0.2) is 0 Å². The van der Waals surface area contributed by atoms with E-state index in [9.17, 15) is 9.59 Å². The number of amides is 1. The first-order valence-electron chi connectivity index (χ1n) is 7.61. The average molecular weight is 267 g/mol. The fourth-order valence-electron chi connectivity index (χ4n) is 3.52. The summed E-state index contributed by atoms with van der Waals surface area (Å²) in [5.41, 5.74) is 0. The molecule has 0 aromatic rings. The molecule has 0 saturated heterocycles. The standard InChI is InChI=1S/C15H25NO3/c1-10(11-4-2-3-5-11)16-14(17)12-6-8-13(9-7-12)15(18)19/h10-13H,2-9H2,1H3,(H,16,17)(H,18,19). The zero-order chi connectivity index (χ0) is 13.8. The Bertz CT molecular complexity index is 328. The molecule has 0 spiro atoms. The molecule has 19 heavy (non-hydrogen) atoms. The number of carbonyl (C=O) groups excluding carboxylic acids is 1. The van der Waals surface area contributed by atoms with Gasteiger partial charge in [0.25, 0.3) is 0 Å². The lowest BCUT2D eigenvalue weighted by molar-refractivity contribution is -0.144. The molecule has 0 aromatic heterocycles. The highest BCUT2D eigenvalue weighted by Gasteiger charge is 2.31. The Balaban J connectivity index is 1.76. The monoisotopic (exact) mass is 267 g/mol. The van der Waals surface area contributed by atoms with Gasteiger partial charge in [-0.2, -0.15) is 0 Å². The molecule has 0 radical (unpaired) electrons. The van der Waals surface area contributed by atoms with Crippen molar-refractivity contribution in [3.8, 4) is 0 Å². The number of carboxylic acid groups (broad SMARTS) is 1. The maximum atomic E-state index is 12.2. The van der Waals surface area contributed by atoms with Crippen molar-refractivity contribution in [1.82, 2.24) is 5.32 Å². The molecule has 4 nitrogen and oxygen atoms in total. The summed E-state index contributed by atoms with van der Waals surface area (Å²) >= 11 is 0. The third-order valence-corrected chi connectivity index (χ3v) is 4.92. The first-order valence-corrected chi connectivity index (χ1v) is 7.61. The Hall–Kier alpha value is -1.06. The van der Waals surface area contributed by atoms with Crippen LogP contribution in [0.15, 0.2) is 0 Å². The molecule has 2 aliphatic rings. The summed E-state index contributed by atoms with van der Waals surface area (Å²) in [6.07, 6.45) is 7.76. The minimum atomic E-state index is -0.710. The molecular formula is C15H25NO3. The lowest BCUT2D eigenvalue weighted by Crippen LogP contribution is -2.42. The maximum absolute atomic E-state index is 12.2. The predicted octanol–water partition coefficient (Wildman–Crippen LogP) is 2.57. The van der Waals surface area contributed by atoms with E-state index >= 15 is 0 Å². The molecule has 0 aliphatic heterocycles. The third kappa shape index (κ3) is 3.71. The zero-order valence-corrected chi connectivity index (χ0v) is 11.7. The highest BCUT2D eigenvalue weighted by atomic mass is 16.4. The molecule has 1 unspecified atom stereocenters. The van der Waals surface area contributed by atoms with Crippen molar-refractivity contribution in [3.63, 3.8) is 0 Å². The van der Waals surface area contributed by atoms with Crippen LogP contribution in [-0.2, 0) is 9.59 Å². The number of rotatable bonds is 4. The molecule has 2 fully saturated rings. The fraction of sp³-hybridized carbons (Fsp3) is 0.867. The Morgan fingerprint density at radius 1 is 1.00 bits per heavy atom. The molecule has 1 atom stereocenters. The van der Waals surface area contributed by atoms with Crippen LogP contribution in [-0.4, -0.2) is 23.0 Å². The molecule has 2 aliphatic carbocycles. The summed E-state index contributed by atoms with van der Waals surface area (Å²) in [6, 6.07) is 0.271. The minimum absolute atomic E-state index is 0.0273. The minimum Gasteiger partial charge on any atom is -0.481 e. The van der Waals surface area contributed by atoms with Gasteiger partial charge in [0.1, 0.15) is 0 Å². The van der Waals surface area contributed by atoms with Crippen LogP contribution in [0.1, 0.15) is 58.3 Å². The van der Waals surface area contributed by atoms with Gasteiger partial charge in [-0.05, 0) is 51.4 Å². The third-order valence-electron chi connectivity index (χ3n) is 4.92. The average Bonchev–Trinajstić information content (AvgIpc) is 2.92. The van der Waals surface area contributed by atoms with Gasteiger partial charge in [0.05, 0.1) is 5.92 Å². The second-order valence-corrected chi connectivity index (χ2v) is 6.23. The van der Waals surface area contributed by atoms with Crippen molar-refractivity contribution in [3.05, 3.63) is 0 Å². The van der Waals surface area contributed by atoms with Crippen molar-refractivity contribution in [2.45, 2.75) is 64.3 Å². The van der Waals surface area contributed by atoms with Crippen LogP contribution in [0.2, 0.25) is 0 Å². The Morgan fingerprint density at radius 3 is 2.05 bits per heavy atom. The topological polar surface area (TPSA) is 66.4 Å². The highest BCUT2D eigenvalue weighted by Crippen LogP contribution is 2.31. The second-order valence-electron chi connectivity index (χ2n) is 6.23. The summed E-state index contributed by atoms with van der Waals surface area (Å²) in [5.74, 6) is -0.142. The summed E-state index contributed by atoms with van der Waals surface area (Å²) < 4.78 is 0. The van der Waals surface area contributed by atoms with Gasteiger partial charge < -0.3 is 10.4 Å². The number of hydrogen-bond donors (Lipinski definition) is 2. The Morgan fingerprint density at radius 2 is 1.53 bits per heavy atom. The van der Waals surface area contributed by atoms with Gasteiger partial charge in [-0.15, -0.1) is 0 Å². The Labute approximate surface area is 115 Å². The van der Waals surface area contributed by atoms with E-state index in [2.05, 4.69) is 12.2 Å². The van der Waals surface area contributed by atoms with Gasteiger partial charge >= 0.3 is 5.97 Å². The lowest BCUT2D eigenvalue weighted by atomic mass is 9.81. The van der Waals surface area contributed by atoms with Crippen molar-refractivity contribution in [1.29, 1.82) is 0 Å². The van der Waals surface area contributed by atoms with Crippen molar-refractivity contribution < 1.29 is 14.7 Å². The van der Waals surface area contributed by atoms with Gasteiger partial charge in [-0.1, -0.05) is 12.8 Å². The first kappa shape index (κ1) is 14.4. The van der Waals surface area contributed by atoms with Crippen molar-refractivity contribution in [2.24, 2.45) is 17.8 Å². The van der Waals surface area contributed by atoms with E-state index in [1.165, 1.54) is 25.7 Å². The second kappa shape index (κ2) is 6.40. The molecule has 0 heterocycles. The molecule has 1 amide bonds. The van der Waals surface area contributed by atoms with E-state index < -0.39 is 5.97 Å². The van der Waals surface area contributed by atoms with Gasteiger partial charge in [-0.25, -0.2) is 0 Å². The Kier molecular flexibility index (Phi) is 4.83. The van der Waals surface area contributed by atoms with E-state index in [-0.39, 0.29) is 23.8 Å². The van der Waals surface area contributed by atoms with Crippen LogP contribution in [0.4, 0.5) is 0 Å². The molecule has 2 saturated carbocycles. The lowest BCUT2D eigenvalue weighted by Gasteiger charge is -2.28. The largest absolute Gasteiger partial charge is 0.481 e. The van der Waals surface area contributed by atoms with Crippen LogP contribution in [0.5, 0.6) is 0 Å². The molecule has 2 rings (SSSR count). The quantitative estimate of drug-likeness (QED) is 0.822. The van der Waals surface area contributed by atoms with Crippen LogP contribution >= 0.6 is 0 Å². The van der Waals surface area contributed by atoms with Crippen molar-refractivity contribution in [2.75, 3.05) is 0 Å². The number of nitrogens with one attached hydrogen (secondary N) is 1. The van der Waals surface area contributed by atoms with Crippen LogP contribution < -0.4 is 5.32 Å². The SMILES string of the molecule is CC(NC(=O)C1CCC(C(=O)O)CC1)C1CCCC1. The number of aliphatic carboxylic acids is 1. The summed E-state index contributed by atoms with van der Waals surface area (Å²) in [6.45, 7) is 2.11. The van der Waals surface area contributed by atoms with Gasteiger partial charge in [-0.3, -0.25) is 9.59 Å². The number of carboxylic acids is 1. The summed E-state index contributed by atoms with van der Waals surface area (Å²) in [4.78, 5) is 23.1. The highest BCUT2D eigenvalue weighted by molar-refractivity contribution is 5.79. The molecule has 108 valence electrons. The first-order chi connectivity index (χ1) is 9.08. The summed E-state index contributed by atoms with van der Waals surface area (Å²) in [5, 5.41) is 12.1. The molecule has 2 N–H and O–H groups in total. The fourth-order valence-corrected chi connectivity index (χ4v) is 3.52. The van der Waals surface area contributed by atoms with E-state index in [1.807, 2.05) is 0 Å². The van der Waals surface area contributed by atoms with E-state index in [0.29, 0.717) is 18.8 Å². The number of carbonyl (C=O) groups is 2. The molecule has 4 heteroatoms. The van der Waals surface area contributed by atoms with Gasteiger partial charge in [0.2, 0.25) is 5.91 Å². The van der Waals surface area contributed by atoms with E-state index in [1.54, 1.807) is 0 Å². The normalized spacial score (nSPS) is 29.9. The van der Waals surface area contributed by atoms with Crippen LogP contribution in [0.25, 0.3) is 0 Å². The zero-order valence-electron chi connectivity index (χ0n) is 11.7. The molecular weight excluding hydrogens is 242 g/mol. The maximum Gasteiger partial charge on any atom is 0.306 e. The predicted molar refractivity (Wildman–Crippen MR) is 72.6 cm³/mol. The van der Waals surface area contributed by atoms with Crippen LogP contribution in [0.3, 0.4) is 0 Å². The molecule has 0 aromatic carbocycles. The molecule has 0 bridgehead atoms. The smallest absolute Gasteiger partial charge is 0.306 e. The summed E-state index contributed by atoms with van der Waals surface area (Å²) in [7, 11) is 0. The van der Waals surface area contributed by atoms with E-state index in [0.717, 1.165) is 12.8 Å². The number of hydrogen-bond acceptors (Lipinski definition) is 2. The van der Waals surface area contributed by atoms with Crippen LogP contribution in [0, 0.1) is 17.8 Å². The van der Waals surface area contributed by atoms with Crippen molar-refractivity contribution >= 4 is 11.9 Å². The van der Waals surface area contributed by atoms with E-state index in [4.69, 9.17) is 5.11 Å².